The Morgan fingerprint density at radius 1 is 1.10 bits per heavy atom. The first-order chi connectivity index (χ1) is 10.1. The van der Waals surface area contributed by atoms with Crippen LogP contribution in [-0.4, -0.2) is 41.1 Å². The van der Waals surface area contributed by atoms with E-state index in [2.05, 4.69) is 12.2 Å². The Balaban J connectivity index is 1.86. The van der Waals surface area contributed by atoms with Crippen molar-refractivity contribution in [1.29, 1.82) is 0 Å². The van der Waals surface area contributed by atoms with Crippen LogP contribution in [0.4, 0.5) is 4.79 Å². The Morgan fingerprint density at radius 2 is 1.71 bits per heavy atom. The van der Waals surface area contributed by atoms with Crippen LogP contribution < -0.4 is 5.32 Å². The maximum atomic E-state index is 12.4. The maximum Gasteiger partial charge on any atom is 0.323 e. The van der Waals surface area contributed by atoms with Gasteiger partial charge in [-0.05, 0) is 31.1 Å². The molecule has 2 rings (SSSR count). The monoisotopic (exact) mass is 296 g/mol. The quantitative estimate of drug-likeness (QED) is 0.819. The summed E-state index contributed by atoms with van der Waals surface area (Å²) in [6, 6.07) is -0.0908. The number of rotatable bonds is 5. The number of urea groups is 1. The molecule has 21 heavy (non-hydrogen) atoms. The average Bonchev–Trinajstić information content (AvgIpc) is 2.97. The molecule has 0 aromatic carbocycles. The molecule has 0 saturated heterocycles. The normalized spacial score (nSPS) is 26.5. The summed E-state index contributed by atoms with van der Waals surface area (Å²) in [4.78, 5) is 24.9. The van der Waals surface area contributed by atoms with E-state index in [-0.39, 0.29) is 18.6 Å². The molecule has 5 nitrogen and oxygen atoms in total. The molecular formula is C16H28N2O3. The van der Waals surface area contributed by atoms with Gasteiger partial charge in [-0.15, -0.1) is 0 Å². The summed E-state index contributed by atoms with van der Waals surface area (Å²) in [5.74, 6) is 0.263. The van der Waals surface area contributed by atoms with E-state index in [0.717, 1.165) is 25.7 Å². The number of carbonyl (C=O) groups excluding carboxylic acids is 1. The molecule has 120 valence electrons. The number of amides is 2. The molecular weight excluding hydrogens is 268 g/mol. The van der Waals surface area contributed by atoms with E-state index in [1.165, 1.54) is 30.6 Å². The van der Waals surface area contributed by atoms with Crippen molar-refractivity contribution < 1.29 is 14.7 Å². The van der Waals surface area contributed by atoms with Crippen LogP contribution in [0.3, 0.4) is 0 Å². The summed E-state index contributed by atoms with van der Waals surface area (Å²) < 4.78 is 0. The number of aliphatic carboxylic acids is 1. The SMILES string of the molecule is CC1CCCCC1CNC(=O)N(CC(=O)O)C1CCCC1. The molecule has 0 spiro atoms. The van der Waals surface area contributed by atoms with Crippen LogP contribution in [0.15, 0.2) is 0 Å². The van der Waals surface area contributed by atoms with Gasteiger partial charge in [0.2, 0.25) is 0 Å². The number of carboxylic acid groups (broad SMARTS) is 1. The lowest BCUT2D eigenvalue weighted by Gasteiger charge is -2.31. The summed E-state index contributed by atoms with van der Waals surface area (Å²) in [7, 11) is 0. The Labute approximate surface area is 127 Å². The minimum atomic E-state index is -0.928. The zero-order chi connectivity index (χ0) is 15.2. The molecule has 2 aliphatic carbocycles. The van der Waals surface area contributed by atoms with Crippen LogP contribution in [0.25, 0.3) is 0 Å². The number of nitrogens with one attached hydrogen (secondary N) is 1. The predicted molar refractivity (Wildman–Crippen MR) is 81.1 cm³/mol. The van der Waals surface area contributed by atoms with Crippen LogP contribution in [0, 0.1) is 11.8 Å². The third-order valence-corrected chi connectivity index (χ3v) is 5.14. The van der Waals surface area contributed by atoms with E-state index in [0.29, 0.717) is 18.4 Å². The molecule has 5 heteroatoms. The van der Waals surface area contributed by atoms with E-state index in [1.807, 2.05) is 0 Å². The second kappa shape index (κ2) is 7.66. The van der Waals surface area contributed by atoms with Crippen molar-refractivity contribution in [2.24, 2.45) is 11.8 Å². The van der Waals surface area contributed by atoms with Crippen molar-refractivity contribution >= 4 is 12.0 Å². The van der Waals surface area contributed by atoms with Gasteiger partial charge < -0.3 is 15.3 Å². The molecule has 0 aliphatic heterocycles. The lowest BCUT2D eigenvalue weighted by atomic mass is 9.80. The average molecular weight is 296 g/mol. The van der Waals surface area contributed by atoms with Gasteiger partial charge in [-0.2, -0.15) is 0 Å². The highest BCUT2D eigenvalue weighted by Gasteiger charge is 2.29. The summed E-state index contributed by atoms with van der Waals surface area (Å²) in [5, 5.41) is 12.0. The molecule has 2 N–H and O–H groups in total. The number of hydrogen-bond acceptors (Lipinski definition) is 2. The molecule has 2 amide bonds. The van der Waals surface area contributed by atoms with E-state index in [9.17, 15) is 9.59 Å². The fourth-order valence-electron chi connectivity index (χ4n) is 3.74. The molecule has 2 fully saturated rings. The Kier molecular flexibility index (Phi) is 5.88. The third kappa shape index (κ3) is 4.61. The van der Waals surface area contributed by atoms with Crippen LogP contribution in [0.5, 0.6) is 0 Å². The fraction of sp³-hybridized carbons (Fsp3) is 0.875. The highest BCUT2D eigenvalue weighted by Crippen LogP contribution is 2.29. The number of hydrogen-bond donors (Lipinski definition) is 2. The number of carboxylic acids is 1. The molecule has 0 heterocycles. The smallest absolute Gasteiger partial charge is 0.323 e. The second-order valence-corrected chi connectivity index (χ2v) is 6.67. The van der Waals surface area contributed by atoms with Crippen LogP contribution >= 0.6 is 0 Å². The highest BCUT2D eigenvalue weighted by molar-refractivity contribution is 5.80. The number of carbonyl (C=O) groups is 2. The lowest BCUT2D eigenvalue weighted by Crippen LogP contribution is -2.49. The summed E-state index contributed by atoms with van der Waals surface area (Å²) in [5.41, 5.74) is 0. The van der Waals surface area contributed by atoms with Gasteiger partial charge in [-0.3, -0.25) is 4.79 Å². The van der Waals surface area contributed by atoms with Gasteiger partial charge in [0.15, 0.2) is 0 Å². The first-order valence-electron chi connectivity index (χ1n) is 8.34. The zero-order valence-corrected chi connectivity index (χ0v) is 13.0. The van der Waals surface area contributed by atoms with Gasteiger partial charge in [-0.1, -0.05) is 39.0 Å². The topological polar surface area (TPSA) is 69.6 Å². The van der Waals surface area contributed by atoms with Crippen LogP contribution in [-0.2, 0) is 4.79 Å². The number of nitrogens with zero attached hydrogens (tertiary/aromatic N) is 1. The van der Waals surface area contributed by atoms with Crippen molar-refractivity contribution in [3.63, 3.8) is 0 Å². The van der Waals surface area contributed by atoms with E-state index in [1.54, 1.807) is 0 Å². The summed E-state index contributed by atoms with van der Waals surface area (Å²) in [6.45, 7) is 2.75. The first kappa shape index (κ1) is 16.1. The zero-order valence-electron chi connectivity index (χ0n) is 13.0. The van der Waals surface area contributed by atoms with Gasteiger partial charge in [-0.25, -0.2) is 4.79 Å². The van der Waals surface area contributed by atoms with Crippen molar-refractivity contribution in [3.05, 3.63) is 0 Å². The van der Waals surface area contributed by atoms with Crippen molar-refractivity contribution in [2.75, 3.05) is 13.1 Å². The van der Waals surface area contributed by atoms with Gasteiger partial charge in [0.05, 0.1) is 0 Å². The summed E-state index contributed by atoms with van der Waals surface area (Å²) in [6.07, 6.45) is 8.99. The standard InChI is InChI=1S/C16H28N2O3/c1-12-6-2-3-7-13(12)10-17-16(21)18(11-15(19)20)14-8-4-5-9-14/h12-14H,2-11H2,1H3,(H,17,21)(H,19,20). The van der Waals surface area contributed by atoms with Crippen LogP contribution in [0.1, 0.15) is 58.3 Å². The minimum absolute atomic E-state index is 0.102. The van der Waals surface area contributed by atoms with Gasteiger partial charge in [0.1, 0.15) is 6.54 Å². The third-order valence-electron chi connectivity index (χ3n) is 5.14. The summed E-state index contributed by atoms with van der Waals surface area (Å²) >= 11 is 0. The largest absolute Gasteiger partial charge is 0.480 e. The second-order valence-electron chi connectivity index (χ2n) is 6.67. The van der Waals surface area contributed by atoms with E-state index < -0.39 is 5.97 Å². The van der Waals surface area contributed by atoms with Gasteiger partial charge >= 0.3 is 12.0 Å². The van der Waals surface area contributed by atoms with Crippen LogP contribution in [0.2, 0.25) is 0 Å². The minimum Gasteiger partial charge on any atom is -0.480 e. The highest BCUT2D eigenvalue weighted by atomic mass is 16.4. The molecule has 0 aromatic heterocycles. The van der Waals surface area contributed by atoms with Gasteiger partial charge in [0.25, 0.3) is 0 Å². The molecule has 2 aliphatic rings. The predicted octanol–water partition coefficient (Wildman–Crippen LogP) is 2.85. The molecule has 2 unspecified atom stereocenters. The van der Waals surface area contributed by atoms with E-state index >= 15 is 0 Å². The molecule has 0 radical (unpaired) electrons. The van der Waals surface area contributed by atoms with Crippen molar-refractivity contribution in [2.45, 2.75) is 64.3 Å². The fourth-order valence-corrected chi connectivity index (χ4v) is 3.74. The van der Waals surface area contributed by atoms with Crippen molar-refractivity contribution in [1.82, 2.24) is 10.2 Å². The Morgan fingerprint density at radius 3 is 2.33 bits per heavy atom. The van der Waals surface area contributed by atoms with Gasteiger partial charge in [0, 0.05) is 12.6 Å². The lowest BCUT2D eigenvalue weighted by molar-refractivity contribution is -0.138. The first-order valence-corrected chi connectivity index (χ1v) is 8.34. The van der Waals surface area contributed by atoms with E-state index in [4.69, 9.17) is 5.11 Å². The molecule has 0 aromatic rings. The molecule has 2 saturated carbocycles. The molecule has 2 atom stereocenters. The molecule has 0 bridgehead atoms. The Hall–Kier alpha value is -1.26. The maximum absolute atomic E-state index is 12.4. The van der Waals surface area contributed by atoms with Crippen molar-refractivity contribution in [3.8, 4) is 0 Å². The Bertz CT molecular complexity index is 367.